The number of hydrogen-bond acceptors (Lipinski definition) is 4. The second kappa shape index (κ2) is 8.84. The van der Waals surface area contributed by atoms with E-state index < -0.39 is 22.8 Å². The molecule has 0 unspecified atom stereocenters. The van der Waals surface area contributed by atoms with Gasteiger partial charge in [0.15, 0.2) is 0 Å². The number of aromatic hydroxyl groups is 2. The highest BCUT2D eigenvalue weighted by Crippen LogP contribution is 2.50. The van der Waals surface area contributed by atoms with Gasteiger partial charge in [-0.2, -0.15) is 0 Å². The van der Waals surface area contributed by atoms with Gasteiger partial charge in [-0.3, -0.25) is 9.59 Å². The number of aliphatic carboxylic acids is 2. The Labute approximate surface area is 166 Å². The normalized spacial score (nSPS) is 15.4. The van der Waals surface area contributed by atoms with E-state index in [1.165, 1.54) is 6.07 Å². The van der Waals surface area contributed by atoms with Gasteiger partial charge in [-0.05, 0) is 82.4 Å². The quantitative estimate of drug-likeness (QED) is 0.389. The number of phenolic OH excluding ortho intramolecular Hbond substituents is 2. The Bertz CT molecular complexity index is 718. The summed E-state index contributed by atoms with van der Waals surface area (Å²) < 4.78 is 0. The molecule has 0 radical (unpaired) electrons. The minimum Gasteiger partial charge on any atom is -0.508 e. The summed E-state index contributed by atoms with van der Waals surface area (Å²) in [6, 6.07) is 3.00. The van der Waals surface area contributed by atoms with Crippen molar-refractivity contribution in [2.45, 2.75) is 78.1 Å². The standard InChI is InChI=1S/C22H32O6/c1-21(2,19(25)26)9-5-3-7-15-13-16(23)14-18(24)17(15)8-4-6-10-22(11-12-22)20(27)28/h13-14,23-24H,3-12H2,1-2H3,(H,25,26)(H,27,28). The first-order chi connectivity index (χ1) is 13.1. The molecule has 1 aromatic carbocycles. The van der Waals surface area contributed by atoms with Crippen LogP contribution in [0.3, 0.4) is 0 Å². The predicted octanol–water partition coefficient (Wildman–Crippen LogP) is 4.50. The van der Waals surface area contributed by atoms with Crippen molar-refractivity contribution in [3.8, 4) is 11.5 Å². The van der Waals surface area contributed by atoms with Gasteiger partial charge < -0.3 is 20.4 Å². The van der Waals surface area contributed by atoms with Crippen molar-refractivity contribution in [1.82, 2.24) is 0 Å². The van der Waals surface area contributed by atoms with Crippen LogP contribution >= 0.6 is 0 Å². The maximum Gasteiger partial charge on any atom is 0.309 e. The van der Waals surface area contributed by atoms with E-state index in [2.05, 4.69) is 0 Å². The SMILES string of the molecule is CC(C)(CCCCc1cc(O)cc(O)c1CCCCC1(C(=O)O)CC1)C(=O)O. The Hall–Kier alpha value is -2.24. The van der Waals surface area contributed by atoms with Crippen LogP contribution in [0.25, 0.3) is 0 Å². The molecular formula is C22H32O6. The Morgan fingerprint density at radius 1 is 1.00 bits per heavy atom. The minimum atomic E-state index is -0.807. The molecule has 28 heavy (non-hydrogen) atoms. The molecule has 1 saturated carbocycles. The molecule has 0 heterocycles. The molecule has 0 aromatic heterocycles. The van der Waals surface area contributed by atoms with Crippen LogP contribution in [0, 0.1) is 10.8 Å². The molecule has 0 aliphatic heterocycles. The zero-order chi connectivity index (χ0) is 20.9. The summed E-state index contributed by atoms with van der Waals surface area (Å²) in [6.07, 6.45) is 7.14. The van der Waals surface area contributed by atoms with Crippen LogP contribution in [0.5, 0.6) is 11.5 Å². The Morgan fingerprint density at radius 2 is 1.64 bits per heavy atom. The molecular weight excluding hydrogens is 360 g/mol. The van der Waals surface area contributed by atoms with Crippen molar-refractivity contribution in [2.24, 2.45) is 10.8 Å². The van der Waals surface area contributed by atoms with E-state index >= 15 is 0 Å². The number of carboxylic acids is 2. The van der Waals surface area contributed by atoms with Gasteiger partial charge >= 0.3 is 11.9 Å². The smallest absolute Gasteiger partial charge is 0.309 e. The Morgan fingerprint density at radius 3 is 2.21 bits per heavy atom. The second-order valence-corrected chi connectivity index (χ2v) is 8.79. The molecule has 0 bridgehead atoms. The van der Waals surface area contributed by atoms with E-state index in [1.807, 2.05) is 0 Å². The van der Waals surface area contributed by atoms with Crippen LogP contribution < -0.4 is 0 Å². The first-order valence-corrected chi connectivity index (χ1v) is 10.1. The van der Waals surface area contributed by atoms with Crippen LogP contribution in [0.1, 0.15) is 76.3 Å². The Balaban J connectivity index is 1.89. The number of unbranched alkanes of at least 4 members (excludes halogenated alkanes) is 2. The average Bonchev–Trinajstić information content (AvgIpc) is 3.38. The molecule has 6 nitrogen and oxygen atoms in total. The van der Waals surface area contributed by atoms with E-state index in [-0.39, 0.29) is 11.5 Å². The summed E-state index contributed by atoms with van der Waals surface area (Å²) in [5.74, 6) is -1.42. The maximum absolute atomic E-state index is 11.2. The fourth-order valence-corrected chi connectivity index (χ4v) is 3.69. The summed E-state index contributed by atoms with van der Waals surface area (Å²) in [7, 11) is 0. The molecule has 0 spiro atoms. The third-order valence-corrected chi connectivity index (χ3v) is 6.02. The van der Waals surface area contributed by atoms with E-state index in [4.69, 9.17) is 0 Å². The molecule has 4 N–H and O–H groups in total. The van der Waals surface area contributed by atoms with Crippen molar-refractivity contribution in [2.75, 3.05) is 0 Å². The maximum atomic E-state index is 11.2. The molecule has 1 aliphatic rings. The highest BCUT2D eigenvalue weighted by atomic mass is 16.4. The molecule has 1 aromatic rings. The summed E-state index contributed by atoms with van der Waals surface area (Å²) in [6.45, 7) is 3.43. The monoisotopic (exact) mass is 392 g/mol. The number of carbonyl (C=O) groups is 2. The van der Waals surface area contributed by atoms with Gasteiger partial charge in [0.2, 0.25) is 0 Å². The molecule has 0 amide bonds. The van der Waals surface area contributed by atoms with Gasteiger partial charge in [-0.1, -0.05) is 12.8 Å². The molecule has 6 heteroatoms. The van der Waals surface area contributed by atoms with Crippen LogP contribution in [0.2, 0.25) is 0 Å². The first kappa shape index (κ1) is 22.1. The van der Waals surface area contributed by atoms with E-state index in [1.54, 1.807) is 19.9 Å². The number of aryl methyl sites for hydroxylation is 1. The number of rotatable bonds is 12. The summed E-state index contributed by atoms with van der Waals surface area (Å²) in [5, 5.41) is 38.5. The number of hydrogen-bond donors (Lipinski definition) is 4. The molecule has 2 rings (SSSR count). The van der Waals surface area contributed by atoms with Crippen LogP contribution in [0.4, 0.5) is 0 Å². The second-order valence-electron chi connectivity index (χ2n) is 8.79. The highest BCUT2D eigenvalue weighted by Gasteiger charge is 2.49. The van der Waals surface area contributed by atoms with Crippen LogP contribution in [-0.4, -0.2) is 32.4 Å². The third kappa shape index (κ3) is 5.63. The van der Waals surface area contributed by atoms with Crippen molar-refractivity contribution >= 4 is 11.9 Å². The number of carboxylic acid groups (broad SMARTS) is 2. The lowest BCUT2D eigenvalue weighted by Crippen LogP contribution is -2.23. The van der Waals surface area contributed by atoms with E-state index in [9.17, 15) is 30.0 Å². The van der Waals surface area contributed by atoms with Gasteiger partial charge in [0.25, 0.3) is 0 Å². The van der Waals surface area contributed by atoms with Gasteiger partial charge in [0.1, 0.15) is 11.5 Å². The average molecular weight is 392 g/mol. The summed E-state index contributed by atoms with van der Waals surface area (Å²) in [5.41, 5.74) is 0.407. The summed E-state index contributed by atoms with van der Waals surface area (Å²) >= 11 is 0. The van der Waals surface area contributed by atoms with Crippen LogP contribution in [0.15, 0.2) is 12.1 Å². The van der Waals surface area contributed by atoms with Gasteiger partial charge in [-0.15, -0.1) is 0 Å². The lowest BCUT2D eigenvalue weighted by Gasteiger charge is -2.19. The lowest BCUT2D eigenvalue weighted by atomic mass is 9.86. The lowest BCUT2D eigenvalue weighted by molar-refractivity contribution is -0.147. The van der Waals surface area contributed by atoms with Gasteiger partial charge in [0.05, 0.1) is 10.8 Å². The van der Waals surface area contributed by atoms with Gasteiger partial charge in [-0.25, -0.2) is 0 Å². The highest BCUT2D eigenvalue weighted by molar-refractivity contribution is 5.77. The topological polar surface area (TPSA) is 115 Å². The van der Waals surface area contributed by atoms with Crippen molar-refractivity contribution in [1.29, 1.82) is 0 Å². The minimum absolute atomic E-state index is 0.0185. The Kier molecular flexibility index (Phi) is 6.96. The van der Waals surface area contributed by atoms with Crippen molar-refractivity contribution in [3.63, 3.8) is 0 Å². The first-order valence-electron chi connectivity index (χ1n) is 10.1. The van der Waals surface area contributed by atoms with Crippen molar-refractivity contribution in [3.05, 3.63) is 23.3 Å². The third-order valence-electron chi connectivity index (χ3n) is 6.02. The van der Waals surface area contributed by atoms with Crippen molar-refractivity contribution < 1.29 is 30.0 Å². The van der Waals surface area contributed by atoms with E-state index in [0.29, 0.717) is 25.7 Å². The molecule has 0 atom stereocenters. The fourth-order valence-electron chi connectivity index (χ4n) is 3.69. The fraction of sp³-hybridized carbons (Fsp3) is 0.636. The van der Waals surface area contributed by atoms with Gasteiger partial charge in [0, 0.05) is 6.07 Å². The molecule has 156 valence electrons. The molecule has 1 aliphatic carbocycles. The largest absolute Gasteiger partial charge is 0.508 e. The zero-order valence-corrected chi connectivity index (χ0v) is 16.8. The number of phenols is 2. The predicted molar refractivity (Wildman–Crippen MR) is 106 cm³/mol. The molecule has 1 fully saturated rings. The number of benzene rings is 1. The summed E-state index contributed by atoms with van der Waals surface area (Å²) in [4.78, 5) is 22.4. The van der Waals surface area contributed by atoms with Crippen LogP contribution in [-0.2, 0) is 22.4 Å². The zero-order valence-electron chi connectivity index (χ0n) is 16.8. The van der Waals surface area contributed by atoms with E-state index in [0.717, 1.165) is 49.7 Å². The molecule has 0 saturated heterocycles.